The van der Waals surface area contributed by atoms with Crippen LogP contribution in [0.1, 0.15) is 41.5 Å². The maximum absolute atomic E-state index is 13.3. The number of hydrogen-bond acceptors (Lipinski definition) is 4. The van der Waals surface area contributed by atoms with Crippen LogP contribution in [0, 0.1) is 5.41 Å². The fourth-order valence-corrected chi connectivity index (χ4v) is 4.68. The first-order valence-electron chi connectivity index (χ1n) is 7.83. The Kier molecular flexibility index (Phi) is 6.84. The molecule has 0 radical (unpaired) electrons. The van der Waals surface area contributed by atoms with Gasteiger partial charge in [0, 0.05) is 0 Å². The maximum atomic E-state index is 13.3. The number of rotatable bonds is 7. The van der Waals surface area contributed by atoms with E-state index in [0.717, 1.165) is 0 Å². The van der Waals surface area contributed by atoms with Gasteiger partial charge in [0.1, 0.15) is 11.8 Å². The number of nitrogens with one attached hydrogen (secondary N) is 1. The Morgan fingerprint density at radius 2 is 1.74 bits per heavy atom. The molecule has 1 rings (SSSR count). The zero-order chi connectivity index (χ0) is 17.7. The molecule has 1 unspecified atom stereocenters. The molecule has 1 aromatic carbocycles. The summed E-state index contributed by atoms with van der Waals surface area (Å²) < 4.78 is 24.2. The summed E-state index contributed by atoms with van der Waals surface area (Å²) >= 11 is 0. The Bertz CT molecular complexity index is 551. The van der Waals surface area contributed by atoms with Crippen molar-refractivity contribution in [2.75, 3.05) is 6.16 Å². The Morgan fingerprint density at radius 3 is 2.22 bits per heavy atom. The molecule has 0 aromatic heterocycles. The molecule has 0 amide bonds. The van der Waals surface area contributed by atoms with Crippen LogP contribution in [0.2, 0.25) is 0 Å². The van der Waals surface area contributed by atoms with Gasteiger partial charge in [-0.3, -0.25) is 9.36 Å². The van der Waals surface area contributed by atoms with E-state index in [1.54, 1.807) is 32.9 Å². The lowest BCUT2D eigenvalue weighted by Gasteiger charge is -2.29. The fourth-order valence-electron chi connectivity index (χ4n) is 2.06. The third kappa shape index (κ3) is 7.67. The van der Waals surface area contributed by atoms with Crippen molar-refractivity contribution >= 4 is 13.5 Å². The van der Waals surface area contributed by atoms with Gasteiger partial charge in [-0.05, 0) is 38.3 Å². The molecule has 0 heterocycles. The van der Waals surface area contributed by atoms with Gasteiger partial charge in [0.25, 0.3) is 0 Å². The van der Waals surface area contributed by atoms with E-state index in [4.69, 9.17) is 9.26 Å². The lowest BCUT2D eigenvalue weighted by atomic mass is 10.0. The number of carbonyl (C=O) groups excluding carboxylic acids is 1. The normalized spacial score (nSPS) is 15.8. The zero-order valence-corrected chi connectivity index (χ0v) is 15.7. The molecule has 0 aliphatic carbocycles. The van der Waals surface area contributed by atoms with Crippen molar-refractivity contribution in [3.63, 3.8) is 0 Å². The van der Waals surface area contributed by atoms with Gasteiger partial charge in [-0.15, -0.1) is 0 Å². The lowest BCUT2D eigenvalue weighted by molar-refractivity contribution is -0.149. The minimum Gasteiger partial charge on any atom is -0.462 e. The van der Waals surface area contributed by atoms with Crippen molar-refractivity contribution in [1.82, 2.24) is 5.09 Å². The van der Waals surface area contributed by atoms with Crippen LogP contribution >= 0.6 is 7.52 Å². The van der Waals surface area contributed by atoms with E-state index in [1.807, 2.05) is 39.0 Å². The van der Waals surface area contributed by atoms with Gasteiger partial charge in [0.05, 0.1) is 12.3 Å². The van der Waals surface area contributed by atoms with Gasteiger partial charge in [0.15, 0.2) is 0 Å². The van der Waals surface area contributed by atoms with E-state index in [1.165, 1.54) is 0 Å². The monoisotopic (exact) mass is 341 g/mol. The molecule has 0 fully saturated rings. The first-order chi connectivity index (χ1) is 10.5. The number of para-hydroxylation sites is 1. The molecule has 1 aromatic rings. The zero-order valence-electron chi connectivity index (χ0n) is 14.8. The predicted octanol–water partition coefficient (Wildman–Crippen LogP) is 4.23. The van der Waals surface area contributed by atoms with E-state index in [9.17, 15) is 9.36 Å². The summed E-state index contributed by atoms with van der Waals surface area (Å²) in [4.78, 5) is 12.0. The van der Waals surface area contributed by atoms with E-state index < -0.39 is 19.5 Å². The standard InChI is InChI=1S/C17H28NO4P/c1-13(2)21-16(19)14(3)18-23(20,12-17(4,5)6)22-15-10-8-7-9-11-15/h7-11,13-14H,12H2,1-6H3,(H,18,20)/t14-,23?/m0/s1. The Labute approximate surface area is 139 Å². The molecular weight excluding hydrogens is 313 g/mol. The highest BCUT2D eigenvalue weighted by Crippen LogP contribution is 2.48. The highest BCUT2D eigenvalue weighted by molar-refractivity contribution is 7.57. The molecule has 130 valence electrons. The quantitative estimate of drug-likeness (QED) is 0.594. The molecule has 2 atom stereocenters. The topological polar surface area (TPSA) is 64.6 Å². The second kappa shape index (κ2) is 7.98. The molecule has 0 bridgehead atoms. The van der Waals surface area contributed by atoms with Gasteiger partial charge in [0.2, 0.25) is 0 Å². The van der Waals surface area contributed by atoms with Crippen molar-refractivity contribution < 1.29 is 18.6 Å². The SMILES string of the molecule is CC(C)OC(=O)[C@H](C)NP(=O)(CC(C)(C)C)Oc1ccccc1. The van der Waals surface area contributed by atoms with Crippen LogP contribution in [0.25, 0.3) is 0 Å². The molecule has 0 saturated carbocycles. The highest BCUT2D eigenvalue weighted by Gasteiger charge is 2.34. The van der Waals surface area contributed by atoms with Crippen LogP contribution < -0.4 is 9.61 Å². The average Bonchev–Trinajstić information content (AvgIpc) is 2.36. The predicted molar refractivity (Wildman–Crippen MR) is 92.8 cm³/mol. The summed E-state index contributed by atoms with van der Waals surface area (Å²) in [6.07, 6.45) is 0.0811. The second-order valence-electron chi connectivity index (χ2n) is 7.13. The molecule has 23 heavy (non-hydrogen) atoms. The Hall–Kier alpha value is -1.32. The van der Waals surface area contributed by atoms with Crippen LogP contribution in [0.15, 0.2) is 30.3 Å². The van der Waals surface area contributed by atoms with Gasteiger partial charge < -0.3 is 9.26 Å². The van der Waals surface area contributed by atoms with Crippen LogP contribution in [0.4, 0.5) is 0 Å². The number of esters is 1. The van der Waals surface area contributed by atoms with Crippen molar-refractivity contribution in [3.05, 3.63) is 30.3 Å². The molecule has 0 saturated heterocycles. The van der Waals surface area contributed by atoms with Crippen LogP contribution in [-0.2, 0) is 14.1 Å². The van der Waals surface area contributed by atoms with E-state index in [0.29, 0.717) is 11.9 Å². The fraction of sp³-hybridized carbons (Fsp3) is 0.588. The first-order valence-corrected chi connectivity index (χ1v) is 9.64. The summed E-state index contributed by atoms with van der Waals surface area (Å²) in [5, 5.41) is 2.86. The van der Waals surface area contributed by atoms with E-state index in [-0.39, 0.29) is 11.5 Å². The van der Waals surface area contributed by atoms with Crippen molar-refractivity contribution in [1.29, 1.82) is 0 Å². The first kappa shape index (κ1) is 19.7. The minimum atomic E-state index is -3.27. The molecule has 0 aliphatic heterocycles. The third-order valence-corrected chi connectivity index (χ3v) is 5.43. The molecule has 1 N–H and O–H groups in total. The van der Waals surface area contributed by atoms with Crippen LogP contribution in [0.5, 0.6) is 5.75 Å². The number of ether oxygens (including phenoxy) is 1. The highest BCUT2D eigenvalue weighted by atomic mass is 31.2. The summed E-state index contributed by atoms with van der Waals surface area (Å²) in [6, 6.07) is 8.26. The van der Waals surface area contributed by atoms with Crippen LogP contribution in [-0.4, -0.2) is 24.3 Å². The summed E-state index contributed by atoms with van der Waals surface area (Å²) in [5.41, 5.74) is -0.223. The maximum Gasteiger partial charge on any atom is 0.323 e. The summed E-state index contributed by atoms with van der Waals surface area (Å²) in [6.45, 7) is 11.1. The minimum absolute atomic E-state index is 0.219. The molecule has 5 nitrogen and oxygen atoms in total. The average molecular weight is 341 g/mol. The van der Waals surface area contributed by atoms with E-state index in [2.05, 4.69) is 5.09 Å². The van der Waals surface area contributed by atoms with Crippen molar-refractivity contribution in [3.8, 4) is 5.75 Å². The molecule has 6 heteroatoms. The van der Waals surface area contributed by atoms with Gasteiger partial charge in [-0.25, -0.2) is 5.09 Å². The van der Waals surface area contributed by atoms with Crippen molar-refractivity contribution in [2.24, 2.45) is 5.41 Å². The molecule has 0 aliphatic rings. The van der Waals surface area contributed by atoms with Crippen molar-refractivity contribution in [2.45, 2.75) is 53.7 Å². The molecule has 0 spiro atoms. The summed E-state index contributed by atoms with van der Waals surface area (Å²) in [5.74, 6) is 0.0720. The number of benzene rings is 1. The number of carbonyl (C=O) groups is 1. The van der Waals surface area contributed by atoms with Gasteiger partial charge in [-0.1, -0.05) is 39.0 Å². The lowest BCUT2D eigenvalue weighted by Crippen LogP contribution is -2.37. The Balaban J connectivity index is 2.91. The summed E-state index contributed by atoms with van der Waals surface area (Å²) in [7, 11) is -3.27. The van der Waals surface area contributed by atoms with E-state index >= 15 is 0 Å². The van der Waals surface area contributed by atoms with Gasteiger partial charge >= 0.3 is 13.5 Å². The Morgan fingerprint density at radius 1 is 1.17 bits per heavy atom. The molecular formula is C17H28NO4P. The van der Waals surface area contributed by atoms with Gasteiger partial charge in [-0.2, -0.15) is 0 Å². The second-order valence-corrected chi connectivity index (χ2v) is 9.24. The number of hydrogen-bond donors (Lipinski definition) is 1. The van der Waals surface area contributed by atoms with Crippen LogP contribution in [0.3, 0.4) is 0 Å². The smallest absolute Gasteiger partial charge is 0.323 e. The third-order valence-electron chi connectivity index (χ3n) is 2.77. The largest absolute Gasteiger partial charge is 0.462 e.